The lowest BCUT2D eigenvalue weighted by atomic mass is 10.1. The van der Waals surface area contributed by atoms with Crippen LogP contribution in [-0.2, 0) is 6.54 Å². The largest absolute Gasteiger partial charge is 0.362 e. The Morgan fingerprint density at radius 2 is 1.83 bits per heavy atom. The van der Waals surface area contributed by atoms with E-state index in [1.807, 2.05) is 31.2 Å². The third-order valence-electron chi connectivity index (χ3n) is 2.88. The van der Waals surface area contributed by atoms with Gasteiger partial charge in [-0.05, 0) is 37.1 Å². The van der Waals surface area contributed by atoms with Gasteiger partial charge in [0.2, 0.25) is 0 Å². The maximum absolute atomic E-state index is 5.58. The quantitative estimate of drug-likeness (QED) is 0.864. The van der Waals surface area contributed by atoms with Crippen LogP contribution in [0.4, 0.5) is 5.82 Å². The predicted octanol–water partition coefficient (Wildman–Crippen LogP) is 2.42. The summed E-state index contributed by atoms with van der Waals surface area (Å²) in [6.07, 6.45) is 0. The molecule has 4 heteroatoms. The summed E-state index contributed by atoms with van der Waals surface area (Å²) in [5.41, 5.74) is 8.84. The van der Waals surface area contributed by atoms with Gasteiger partial charge in [-0.15, -0.1) is 5.10 Å². The molecule has 2 aromatic rings. The van der Waals surface area contributed by atoms with Crippen molar-refractivity contribution in [3.63, 3.8) is 0 Å². The number of nitrogens with zero attached hydrogens (tertiary/aromatic N) is 2. The average molecular weight is 242 g/mol. The van der Waals surface area contributed by atoms with Crippen molar-refractivity contribution in [3.8, 4) is 0 Å². The lowest BCUT2D eigenvalue weighted by molar-refractivity contribution is 0.854. The minimum absolute atomic E-state index is 0.189. The van der Waals surface area contributed by atoms with Crippen LogP contribution in [0.15, 0.2) is 36.4 Å². The second-order valence-electron chi connectivity index (χ2n) is 4.37. The average Bonchev–Trinajstić information content (AvgIpc) is 2.41. The molecule has 1 atom stereocenters. The Hall–Kier alpha value is -1.94. The van der Waals surface area contributed by atoms with Crippen molar-refractivity contribution in [2.45, 2.75) is 26.4 Å². The molecule has 1 unspecified atom stereocenters. The third kappa shape index (κ3) is 3.05. The molecule has 4 nitrogen and oxygen atoms in total. The molecule has 1 aromatic heterocycles. The lowest BCUT2D eigenvalue weighted by Crippen LogP contribution is -2.09. The summed E-state index contributed by atoms with van der Waals surface area (Å²) < 4.78 is 0. The van der Waals surface area contributed by atoms with Crippen molar-refractivity contribution in [2.75, 3.05) is 5.32 Å². The first kappa shape index (κ1) is 12.5. The Morgan fingerprint density at radius 3 is 2.39 bits per heavy atom. The highest BCUT2D eigenvalue weighted by molar-refractivity contribution is 5.37. The van der Waals surface area contributed by atoms with E-state index in [1.165, 1.54) is 5.56 Å². The van der Waals surface area contributed by atoms with Crippen molar-refractivity contribution in [1.82, 2.24) is 10.2 Å². The Labute approximate surface area is 107 Å². The first-order chi connectivity index (χ1) is 8.69. The summed E-state index contributed by atoms with van der Waals surface area (Å²) in [6, 6.07) is 12.3. The molecule has 2 rings (SSSR count). The molecule has 0 aliphatic carbocycles. The molecule has 1 aromatic carbocycles. The van der Waals surface area contributed by atoms with Gasteiger partial charge >= 0.3 is 0 Å². The molecular formula is C14H18N4. The van der Waals surface area contributed by atoms with Crippen LogP contribution < -0.4 is 11.1 Å². The highest BCUT2D eigenvalue weighted by atomic mass is 15.2. The van der Waals surface area contributed by atoms with E-state index in [9.17, 15) is 0 Å². The van der Waals surface area contributed by atoms with Crippen molar-refractivity contribution in [2.24, 2.45) is 5.73 Å². The molecule has 0 saturated carbocycles. The van der Waals surface area contributed by atoms with Gasteiger partial charge in [0.05, 0.1) is 5.69 Å². The normalized spacial score (nSPS) is 12.2. The van der Waals surface area contributed by atoms with E-state index < -0.39 is 0 Å². The van der Waals surface area contributed by atoms with Crippen LogP contribution in [0.25, 0.3) is 0 Å². The summed E-state index contributed by atoms with van der Waals surface area (Å²) in [7, 11) is 0. The van der Waals surface area contributed by atoms with Gasteiger partial charge in [0, 0.05) is 12.6 Å². The van der Waals surface area contributed by atoms with Gasteiger partial charge < -0.3 is 11.1 Å². The molecule has 0 radical (unpaired) electrons. The van der Waals surface area contributed by atoms with Crippen LogP contribution in [0.1, 0.15) is 29.8 Å². The van der Waals surface area contributed by atoms with Crippen LogP contribution in [0.2, 0.25) is 0 Å². The van der Waals surface area contributed by atoms with Gasteiger partial charge in [-0.3, -0.25) is 0 Å². The van der Waals surface area contributed by atoms with Crippen LogP contribution in [0.3, 0.4) is 0 Å². The van der Waals surface area contributed by atoms with Crippen LogP contribution in [0, 0.1) is 6.92 Å². The van der Waals surface area contributed by atoms with E-state index >= 15 is 0 Å². The molecule has 0 spiro atoms. The number of hydrogen-bond acceptors (Lipinski definition) is 4. The maximum Gasteiger partial charge on any atom is 0.149 e. The van der Waals surface area contributed by atoms with Crippen molar-refractivity contribution >= 4 is 5.82 Å². The molecule has 1 heterocycles. The number of nitrogens with one attached hydrogen (secondary N) is 1. The van der Waals surface area contributed by atoms with Gasteiger partial charge in [-0.25, -0.2) is 0 Å². The molecule has 94 valence electrons. The van der Waals surface area contributed by atoms with E-state index in [4.69, 9.17) is 5.73 Å². The van der Waals surface area contributed by atoms with E-state index in [1.54, 1.807) is 0 Å². The monoisotopic (exact) mass is 242 g/mol. The fourth-order valence-electron chi connectivity index (χ4n) is 1.72. The molecule has 0 aliphatic rings. The zero-order chi connectivity index (χ0) is 13.0. The standard InChI is InChI=1S/C14H18N4/c1-10-3-8-14(18-17-10)16-11(2)13-6-4-12(9-15)5-7-13/h3-8,11H,9,15H2,1-2H3,(H,16,18). The molecule has 3 N–H and O–H groups in total. The minimum atomic E-state index is 0.189. The maximum atomic E-state index is 5.58. The molecule has 18 heavy (non-hydrogen) atoms. The van der Waals surface area contributed by atoms with E-state index in [-0.39, 0.29) is 6.04 Å². The van der Waals surface area contributed by atoms with E-state index in [2.05, 4.69) is 34.6 Å². The van der Waals surface area contributed by atoms with Gasteiger partial charge in [-0.1, -0.05) is 24.3 Å². The Morgan fingerprint density at radius 1 is 1.11 bits per heavy atom. The van der Waals surface area contributed by atoms with Gasteiger partial charge in [-0.2, -0.15) is 5.10 Å². The van der Waals surface area contributed by atoms with Crippen LogP contribution in [-0.4, -0.2) is 10.2 Å². The van der Waals surface area contributed by atoms with E-state index in [0.29, 0.717) is 6.54 Å². The number of nitrogens with two attached hydrogens (primary N) is 1. The third-order valence-corrected chi connectivity index (χ3v) is 2.88. The summed E-state index contributed by atoms with van der Waals surface area (Å²) in [5, 5.41) is 11.4. The number of rotatable bonds is 4. The molecule has 0 saturated heterocycles. The smallest absolute Gasteiger partial charge is 0.149 e. The predicted molar refractivity (Wildman–Crippen MR) is 73.1 cm³/mol. The molecule has 0 fully saturated rings. The minimum Gasteiger partial charge on any atom is -0.362 e. The van der Waals surface area contributed by atoms with Gasteiger partial charge in [0.25, 0.3) is 0 Å². The Bertz CT molecular complexity index is 490. The van der Waals surface area contributed by atoms with Crippen molar-refractivity contribution in [3.05, 3.63) is 53.2 Å². The number of hydrogen-bond donors (Lipinski definition) is 2. The molecule has 0 aliphatic heterocycles. The zero-order valence-electron chi connectivity index (χ0n) is 10.7. The molecular weight excluding hydrogens is 224 g/mol. The number of aromatic nitrogens is 2. The highest BCUT2D eigenvalue weighted by Gasteiger charge is 2.06. The van der Waals surface area contributed by atoms with Gasteiger partial charge in [0.15, 0.2) is 0 Å². The molecule has 0 amide bonds. The summed E-state index contributed by atoms with van der Waals surface area (Å²) in [6.45, 7) is 4.59. The van der Waals surface area contributed by atoms with Crippen molar-refractivity contribution in [1.29, 1.82) is 0 Å². The van der Waals surface area contributed by atoms with Crippen molar-refractivity contribution < 1.29 is 0 Å². The first-order valence-electron chi connectivity index (χ1n) is 6.05. The Balaban J connectivity index is 2.06. The number of benzene rings is 1. The number of aryl methyl sites for hydroxylation is 1. The van der Waals surface area contributed by atoms with Crippen LogP contribution >= 0.6 is 0 Å². The fourth-order valence-corrected chi connectivity index (χ4v) is 1.72. The topological polar surface area (TPSA) is 63.8 Å². The first-order valence-corrected chi connectivity index (χ1v) is 6.05. The molecule has 0 bridgehead atoms. The van der Waals surface area contributed by atoms with Crippen LogP contribution in [0.5, 0.6) is 0 Å². The lowest BCUT2D eigenvalue weighted by Gasteiger charge is -2.14. The second kappa shape index (κ2) is 5.60. The highest BCUT2D eigenvalue weighted by Crippen LogP contribution is 2.17. The summed E-state index contributed by atoms with van der Waals surface area (Å²) in [5.74, 6) is 0.788. The second-order valence-corrected chi connectivity index (χ2v) is 4.37. The number of anilines is 1. The zero-order valence-corrected chi connectivity index (χ0v) is 10.7. The Kier molecular flexibility index (Phi) is 3.89. The van der Waals surface area contributed by atoms with Gasteiger partial charge in [0.1, 0.15) is 5.82 Å². The van der Waals surface area contributed by atoms with E-state index in [0.717, 1.165) is 17.1 Å². The fraction of sp³-hybridized carbons (Fsp3) is 0.286. The summed E-state index contributed by atoms with van der Waals surface area (Å²) >= 11 is 0. The summed E-state index contributed by atoms with van der Waals surface area (Å²) in [4.78, 5) is 0. The SMILES string of the molecule is Cc1ccc(NC(C)c2ccc(CN)cc2)nn1.